The van der Waals surface area contributed by atoms with Crippen LogP contribution in [-0.2, 0) is 14.8 Å². The largest absolute Gasteiger partial charge is 0.495 e. The Bertz CT molecular complexity index is 1390. The van der Waals surface area contributed by atoms with Gasteiger partial charge in [-0.05, 0) is 61.9 Å². The number of carbonyl (C=O) groups is 1. The zero-order valence-electron chi connectivity index (χ0n) is 20.9. The van der Waals surface area contributed by atoms with Crippen molar-refractivity contribution < 1.29 is 17.9 Å². The van der Waals surface area contributed by atoms with E-state index in [2.05, 4.69) is 4.90 Å². The molecule has 0 bridgehead atoms. The van der Waals surface area contributed by atoms with Crippen LogP contribution in [0.5, 0.6) is 5.75 Å². The van der Waals surface area contributed by atoms with Crippen molar-refractivity contribution in [2.75, 3.05) is 49.0 Å². The van der Waals surface area contributed by atoms with Crippen LogP contribution in [0.25, 0.3) is 0 Å². The van der Waals surface area contributed by atoms with Gasteiger partial charge in [0.2, 0.25) is 5.91 Å². The summed E-state index contributed by atoms with van der Waals surface area (Å²) in [5, 5.41) is 0.990. The third-order valence-corrected chi connectivity index (χ3v) is 8.69. The number of amides is 1. The van der Waals surface area contributed by atoms with Crippen molar-refractivity contribution >= 4 is 50.5 Å². The molecule has 3 aromatic rings. The van der Waals surface area contributed by atoms with Crippen LogP contribution in [-0.4, -0.2) is 59.1 Å². The molecule has 0 saturated carbocycles. The first kappa shape index (κ1) is 27.1. The highest BCUT2D eigenvalue weighted by Crippen LogP contribution is 2.35. The Morgan fingerprint density at radius 2 is 1.54 bits per heavy atom. The Hall–Kier alpha value is -2.94. The number of nitrogens with zero attached hydrogens (tertiary/aromatic N) is 3. The first-order valence-electron chi connectivity index (χ1n) is 11.8. The van der Waals surface area contributed by atoms with E-state index in [1.54, 1.807) is 29.2 Å². The lowest BCUT2D eigenvalue weighted by Crippen LogP contribution is -2.52. The number of aryl methyl sites for hydroxylation is 2. The lowest BCUT2D eigenvalue weighted by Gasteiger charge is -2.38. The fourth-order valence-electron chi connectivity index (χ4n) is 4.34. The van der Waals surface area contributed by atoms with Gasteiger partial charge in [0.1, 0.15) is 12.3 Å². The molecule has 7 nitrogen and oxygen atoms in total. The van der Waals surface area contributed by atoms with E-state index in [0.29, 0.717) is 42.0 Å². The quantitative estimate of drug-likeness (QED) is 0.398. The van der Waals surface area contributed by atoms with Gasteiger partial charge in [-0.25, -0.2) is 8.42 Å². The highest BCUT2D eigenvalue weighted by molar-refractivity contribution is 7.92. The number of benzene rings is 3. The van der Waals surface area contributed by atoms with Gasteiger partial charge >= 0.3 is 0 Å². The summed E-state index contributed by atoms with van der Waals surface area (Å²) in [4.78, 5) is 17.4. The van der Waals surface area contributed by atoms with E-state index < -0.39 is 10.0 Å². The van der Waals surface area contributed by atoms with E-state index in [9.17, 15) is 13.2 Å². The first-order chi connectivity index (χ1) is 17.6. The van der Waals surface area contributed by atoms with Crippen molar-refractivity contribution in [3.05, 3.63) is 81.8 Å². The van der Waals surface area contributed by atoms with Gasteiger partial charge < -0.3 is 14.5 Å². The van der Waals surface area contributed by atoms with Crippen LogP contribution in [0.3, 0.4) is 0 Å². The molecule has 0 unspecified atom stereocenters. The molecule has 0 N–H and O–H groups in total. The van der Waals surface area contributed by atoms with Crippen LogP contribution in [0.2, 0.25) is 10.0 Å². The SMILES string of the molecule is COc1ccc(Cl)cc1N(CC(=O)N1CCN(c2cc(Cl)ccc2C)CC1)S(=O)(=O)c1ccc(C)cc1. The maximum Gasteiger partial charge on any atom is 0.264 e. The predicted molar refractivity (Wildman–Crippen MR) is 149 cm³/mol. The smallest absolute Gasteiger partial charge is 0.264 e. The number of sulfonamides is 1. The Labute approximate surface area is 228 Å². The zero-order chi connectivity index (χ0) is 26.7. The van der Waals surface area contributed by atoms with Gasteiger partial charge in [-0.1, -0.05) is 47.0 Å². The predicted octanol–water partition coefficient (Wildman–Crippen LogP) is 5.16. The molecule has 3 aromatic carbocycles. The maximum absolute atomic E-state index is 13.8. The number of methoxy groups -OCH3 is 1. The lowest BCUT2D eigenvalue weighted by atomic mass is 10.1. The molecule has 37 heavy (non-hydrogen) atoms. The summed E-state index contributed by atoms with van der Waals surface area (Å²) in [6.45, 7) is 5.64. The molecule has 0 aromatic heterocycles. The topological polar surface area (TPSA) is 70.2 Å². The molecular weight excluding hydrogens is 533 g/mol. The summed E-state index contributed by atoms with van der Waals surface area (Å²) in [5.74, 6) is -0.00526. The maximum atomic E-state index is 13.8. The molecule has 0 atom stereocenters. The minimum Gasteiger partial charge on any atom is -0.495 e. The first-order valence-corrected chi connectivity index (χ1v) is 14.0. The molecule has 0 aliphatic carbocycles. The fraction of sp³-hybridized carbons (Fsp3) is 0.296. The molecule has 10 heteroatoms. The second-order valence-electron chi connectivity index (χ2n) is 8.94. The summed E-state index contributed by atoms with van der Waals surface area (Å²) in [6.07, 6.45) is 0. The van der Waals surface area contributed by atoms with Crippen LogP contribution in [0.1, 0.15) is 11.1 Å². The Morgan fingerprint density at radius 3 is 2.19 bits per heavy atom. The highest BCUT2D eigenvalue weighted by Gasteiger charge is 2.32. The summed E-state index contributed by atoms with van der Waals surface area (Å²) < 4.78 is 34.1. The minimum atomic E-state index is -4.10. The van der Waals surface area contributed by atoms with Gasteiger partial charge in [0.05, 0.1) is 17.7 Å². The van der Waals surface area contributed by atoms with E-state index in [0.717, 1.165) is 21.1 Å². The van der Waals surface area contributed by atoms with E-state index in [-0.39, 0.29) is 23.0 Å². The van der Waals surface area contributed by atoms with Crippen molar-refractivity contribution in [3.63, 3.8) is 0 Å². The van der Waals surface area contributed by atoms with Gasteiger partial charge in [0.15, 0.2) is 0 Å². The highest BCUT2D eigenvalue weighted by atomic mass is 35.5. The zero-order valence-corrected chi connectivity index (χ0v) is 23.3. The number of piperazine rings is 1. The molecule has 1 saturated heterocycles. The Kier molecular flexibility index (Phi) is 8.21. The number of hydrogen-bond acceptors (Lipinski definition) is 5. The molecule has 1 fully saturated rings. The van der Waals surface area contributed by atoms with Gasteiger partial charge in [-0.2, -0.15) is 0 Å². The van der Waals surface area contributed by atoms with E-state index in [1.807, 2.05) is 32.0 Å². The summed E-state index contributed by atoms with van der Waals surface area (Å²) in [7, 11) is -2.65. The lowest BCUT2D eigenvalue weighted by molar-refractivity contribution is -0.129. The van der Waals surface area contributed by atoms with Crippen molar-refractivity contribution in [3.8, 4) is 5.75 Å². The summed E-state index contributed by atoms with van der Waals surface area (Å²) in [6, 6.07) is 17.0. The second kappa shape index (κ2) is 11.2. The van der Waals surface area contributed by atoms with Crippen LogP contribution < -0.4 is 13.9 Å². The normalized spacial score (nSPS) is 14.0. The van der Waals surface area contributed by atoms with Gasteiger partial charge in [0, 0.05) is 41.9 Å². The Balaban J connectivity index is 1.60. The van der Waals surface area contributed by atoms with Crippen molar-refractivity contribution in [1.29, 1.82) is 0 Å². The second-order valence-corrected chi connectivity index (χ2v) is 11.7. The van der Waals surface area contributed by atoms with E-state index >= 15 is 0 Å². The van der Waals surface area contributed by atoms with Gasteiger partial charge in [0.25, 0.3) is 10.0 Å². The minimum absolute atomic E-state index is 0.0779. The number of rotatable bonds is 7. The van der Waals surface area contributed by atoms with Crippen LogP contribution in [0.4, 0.5) is 11.4 Å². The average molecular weight is 563 g/mol. The van der Waals surface area contributed by atoms with Crippen molar-refractivity contribution in [2.24, 2.45) is 0 Å². The molecule has 196 valence electrons. The molecule has 0 spiro atoms. The van der Waals surface area contributed by atoms with Gasteiger partial charge in [-0.3, -0.25) is 9.10 Å². The Morgan fingerprint density at radius 1 is 0.919 bits per heavy atom. The van der Waals surface area contributed by atoms with Crippen LogP contribution >= 0.6 is 23.2 Å². The van der Waals surface area contributed by atoms with Crippen molar-refractivity contribution in [2.45, 2.75) is 18.7 Å². The molecule has 1 aliphatic heterocycles. The summed E-state index contributed by atoms with van der Waals surface area (Å²) >= 11 is 12.4. The molecule has 1 heterocycles. The van der Waals surface area contributed by atoms with Gasteiger partial charge in [-0.15, -0.1) is 0 Å². The number of carbonyl (C=O) groups excluding carboxylic acids is 1. The average Bonchev–Trinajstić information content (AvgIpc) is 2.88. The number of ether oxygens (including phenoxy) is 1. The van der Waals surface area contributed by atoms with Crippen molar-refractivity contribution in [1.82, 2.24) is 4.90 Å². The van der Waals surface area contributed by atoms with Crippen LogP contribution in [0, 0.1) is 13.8 Å². The standard InChI is InChI=1S/C27H29Cl2N3O4S/c1-19-4-9-23(10-5-19)37(34,35)32(25-17-22(29)8-11-26(25)36-3)18-27(33)31-14-12-30(13-15-31)24-16-21(28)7-6-20(24)2/h4-11,16-17H,12-15,18H2,1-3H3. The number of hydrogen-bond donors (Lipinski definition) is 0. The molecule has 0 radical (unpaired) electrons. The number of halogens is 2. The van der Waals surface area contributed by atoms with E-state index in [4.69, 9.17) is 27.9 Å². The molecule has 1 aliphatic rings. The molecule has 4 rings (SSSR count). The van der Waals surface area contributed by atoms with Crippen LogP contribution in [0.15, 0.2) is 65.6 Å². The fourth-order valence-corrected chi connectivity index (χ4v) is 6.09. The monoisotopic (exact) mass is 561 g/mol. The molecular formula is C27H29Cl2N3O4S. The third-order valence-electron chi connectivity index (χ3n) is 6.44. The molecule has 1 amide bonds. The summed E-state index contributed by atoms with van der Waals surface area (Å²) in [5.41, 5.74) is 3.27. The third kappa shape index (κ3) is 5.98. The number of anilines is 2. The van der Waals surface area contributed by atoms with E-state index in [1.165, 1.54) is 25.3 Å².